The average molecular weight is 251 g/mol. The smallest absolute Gasteiger partial charge is 0.130 e. The number of nitriles is 1. The van der Waals surface area contributed by atoms with Gasteiger partial charge in [0, 0.05) is 5.56 Å². The summed E-state index contributed by atoms with van der Waals surface area (Å²) in [5, 5.41) is 8.61. The third-order valence-corrected chi connectivity index (χ3v) is 2.20. The number of ether oxygens (including phenoxy) is 2. The zero-order valence-electron chi connectivity index (χ0n) is 11.0. The summed E-state index contributed by atoms with van der Waals surface area (Å²) < 4.78 is 24.3. The van der Waals surface area contributed by atoms with Crippen molar-refractivity contribution in [2.45, 2.75) is 33.0 Å². The molecule has 0 unspecified atom stereocenters. The number of benzene rings is 1. The fourth-order valence-corrected chi connectivity index (χ4v) is 1.32. The van der Waals surface area contributed by atoms with Gasteiger partial charge in [-0.2, -0.15) is 5.26 Å². The summed E-state index contributed by atoms with van der Waals surface area (Å²) in [6.45, 7) is 6.97. The highest BCUT2D eigenvalue weighted by molar-refractivity contribution is 5.32. The number of halogens is 1. The van der Waals surface area contributed by atoms with Gasteiger partial charge in [0.2, 0.25) is 0 Å². The maximum absolute atomic E-state index is 13.5. The molecular formula is C14H18FNO2. The minimum Gasteiger partial charge on any atom is -0.374 e. The predicted octanol–water partition coefficient (Wildman–Crippen LogP) is 3.03. The average Bonchev–Trinajstić information content (AvgIpc) is 2.29. The van der Waals surface area contributed by atoms with E-state index in [0.29, 0.717) is 24.3 Å². The summed E-state index contributed by atoms with van der Waals surface area (Å²) in [7, 11) is 0. The topological polar surface area (TPSA) is 42.2 Å². The first-order chi connectivity index (χ1) is 8.42. The van der Waals surface area contributed by atoms with E-state index in [1.54, 1.807) is 12.1 Å². The van der Waals surface area contributed by atoms with E-state index >= 15 is 0 Å². The predicted molar refractivity (Wildman–Crippen MR) is 66.5 cm³/mol. The summed E-state index contributed by atoms with van der Waals surface area (Å²) in [4.78, 5) is 0. The number of rotatable bonds is 5. The van der Waals surface area contributed by atoms with E-state index in [9.17, 15) is 4.39 Å². The van der Waals surface area contributed by atoms with E-state index in [4.69, 9.17) is 14.7 Å². The van der Waals surface area contributed by atoms with Crippen LogP contribution >= 0.6 is 0 Å². The minimum atomic E-state index is -0.411. The van der Waals surface area contributed by atoms with Crippen LogP contribution < -0.4 is 0 Å². The fraction of sp³-hybridized carbons (Fsp3) is 0.500. The summed E-state index contributed by atoms with van der Waals surface area (Å²) in [5.74, 6) is -0.411. The van der Waals surface area contributed by atoms with Crippen molar-refractivity contribution in [1.29, 1.82) is 5.26 Å². The molecule has 0 aromatic heterocycles. The third kappa shape index (κ3) is 5.26. The quantitative estimate of drug-likeness (QED) is 0.755. The van der Waals surface area contributed by atoms with Crippen LogP contribution in [0.5, 0.6) is 0 Å². The maximum atomic E-state index is 13.5. The molecule has 0 heterocycles. The van der Waals surface area contributed by atoms with Crippen LogP contribution in [0.25, 0.3) is 0 Å². The Morgan fingerprint density at radius 2 is 2.00 bits per heavy atom. The molecule has 1 aromatic carbocycles. The highest BCUT2D eigenvalue weighted by Crippen LogP contribution is 2.11. The summed E-state index contributed by atoms with van der Waals surface area (Å²) >= 11 is 0. The van der Waals surface area contributed by atoms with Gasteiger partial charge < -0.3 is 9.47 Å². The molecule has 0 amide bonds. The van der Waals surface area contributed by atoms with Crippen molar-refractivity contribution in [3.05, 3.63) is 35.1 Å². The lowest BCUT2D eigenvalue weighted by atomic mass is 10.1. The molecule has 4 heteroatoms. The molecule has 0 N–H and O–H groups in total. The molecule has 0 bridgehead atoms. The van der Waals surface area contributed by atoms with Crippen LogP contribution in [-0.2, 0) is 16.1 Å². The maximum Gasteiger partial charge on any atom is 0.130 e. The van der Waals surface area contributed by atoms with Gasteiger partial charge in [-0.05, 0) is 32.9 Å². The molecule has 0 aliphatic heterocycles. The molecule has 0 saturated heterocycles. The molecule has 0 saturated carbocycles. The second-order valence-corrected chi connectivity index (χ2v) is 4.93. The first-order valence-electron chi connectivity index (χ1n) is 5.82. The van der Waals surface area contributed by atoms with Crippen LogP contribution in [0.1, 0.15) is 31.9 Å². The zero-order chi connectivity index (χ0) is 13.6. The first-order valence-corrected chi connectivity index (χ1v) is 5.82. The van der Waals surface area contributed by atoms with Crippen molar-refractivity contribution in [1.82, 2.24) is 0 Å². The molecule has 18 heavy (non-hydrogen) atoms. The Bertz CT molecular complexity index is 432. The van der Waals surface area contributed by atoms with Gasteiger partial charge in [-0.15, -0.1) is 0 Å². The van der Waals surface area contributed by atoms with Gasteiger partial charge in [0.05, 0.1) is 37.1 Å². The van der Waals surface area contributed by atoms with Crippen molar-refractivity contribution in [2.24, 2.45) is 0 Å². The normalized spacial score (nSPS) is 11.3. The molecule has 0 aliphatic carbocycles. The Morgan fingerprint density at radius 1 is 1.28 bits per heavy atom. The first kappa shape index (κ1) is 14.6. The van der Waals surface area contributed by atoms with E-state index < -0.39 is 5.82 Å². The molecule has 98 valence electrons. The Balaban J connectivity index is 2.34. The summed E-state index contributed by atoms with van der Waals surface area (Å²) in [6.07, 6.45) is 0. The van der Waals surface area contributed by atoms with Gasteiger partial charge in [-0.1, -0.05) is 6.07 Å². The lowest BCUT2D eigenvalue weighted by Crippen LogP contribution is -2.21. The van der Waals surface area contributed by atoms with Crippen molar-refractivity contribution in [2.75, 3.05) is 13.2 Å². The van der Waals surface area contributed by atoms with Gasteiger partial charge in [0.1, 0.15) is 5.82 Å². The van der Waals surface area contributed by atoms with Crippen molar-refractivity contribution in [3.63, 3.8) is 0 Å². The van der Waals surface area contributed by atoms with Crippen LogP contribution in [0.4, 0.5) is 4.39 Å². The van der Waals surface area contributed by atoms with Crippen LogP contribution in [0.15, 0.2) is 18.2 Å². The Labute approximate surface area is 107 Å². The van der Waals surface area contributed by atoms with Crippen LogP contribution in [0.2, 0.25) is 0 Å². The highest BCUT2D eigenvalue weighted by atomic mass is 19.1. The molecule has 0 spiro atoms. The van der Waals surface area contributed by atoms with E-state index in [1.165, 1.54) is 6.07 Å². The molecule has 0 atom stereocenters. The van der Waals surface area contributed by atoms with Crippen molar-refractivity contribution < 1.29 is 13.9 Å². The molecule has 0 fully saturated rings. The van der Waals surface area contributed by atoms with Gasteiger partial charge in [-0.3, -0.25) is 0 Å². The van der Waals surface area contributed by atoms with Crippen LogP contribution in [0, 0.1) is 17.1 Å². The van der Waals surface area contributed by atoms with E-state index in [1.807, 2.05) is 26.8 Å². The van der Waals surface area contributed by atoms with Gasteiger partial charge >= 0.3 is 0 Å². The lowest BCUT2D eigenvalue weighted by molar-refractivity contribution is -0.0379. The number of hydrogen-bond donors (Lipinski definition) is 0. The second-order valence-electron chi connectivity index (χ2n) is 4.93. The minimum absolute atomic E-state index is 0.186. The van der Waals surface area contributed by atoms with Crippen molar-refractivity contribution in [3.8, 4) is 6.07 Å². The van der Waals surface area contributed by atoms with Gasteiger partial charge in [-0.25, -0.2) is 4.39 Å². The molecule has 3 nitrogen and oxygen atoms in total. The zero-order valence-corrected chi connectivity index (χ0v) is 11.0. The molecular weight excluding hydrogens is 233 g/mol. The van der Waals surface area contributed by atoms with Crippen molar-refractivity contribution >= 4 is 0 Å². The molecule has 0 aliphatic rings. The van der Waals surface area contributed by atoms with Crippen LogP contribution in [0.3, 0.4) is 0 Å². The summed E-state index contributed by atoms with van der Waals surface area (Å²) in [6, 6.07) is 6.24. The Morgan fingerprint density at radius 3 is 2.56 bits per heavy atom. The standard InChI is InChI=1S/C14H18FNO2/c1-14(2,3)18-7-6-17-10-12-5-4-11(9-16)8-13(12)15/h4-5,8H,6-7,10H2,1-3H3. The van der Waals surface area contributed by atoms with E-state index in [-0.39, 0.29) is 12.2 Å². The third-order valence-electron chi connectivity index (χ3n) is 2.20. The number of nitrogens with zero attached hydrogens (tertiary/aromatic N) is 1. The second kappa shape index (κ2) is 6.48. The summed E-state index contributed by atoms with van der Waals surface area (Å²) in [5.41, 5.74) is 0.570. The largest absolute Gasteiger partial charge is 0.374 e. The van der Waals surface area contributed by atoms with E-state index in [0.717, 1.165) is 0 Å². The Kier molecular flexibility index (Phi) is 5.26. The lowest BCUT2D eigenvalue weighted by Gasteiger charge is -2.19. The molecule has 1 rings (SSSR count). The fourth-order valence-electron chi connectivity index (χ4n) is 1.32. The highest BCUT2D eigenvalue weighted by Gasteiger charge is 2.09. The molecule has 1 aromatic rings. The monoisotopic (exact) mass is 251 g/mol. The van der Waals surface area contributed by atoms with Gasteiger partial charge in [0.15, 0.2) is 0 Å². The van der Waals surface area contributed by atoms with E-state index in [2.05, 4.69) is 0 Å². The van der Waals surface area contributed by atoms with Crippen LogP contribution in [-0.4, -0.2) is 18.8 Å². The SMILES string of the molecule is CC(C)(C)OCCOCc1ccc(C#N)cc1F. The molecule has 0 radical (unpaired) electrons. The van der Waals surface area contributed by atoms with Gasteiger partial charge in [0.25, 0.3) is 0 Å². The number of hydrogen-bond acceptors (Lipinski definition) is 3. The Hall–Kier alpha value is -1.44.